The number of para-hydroxylation sites is 2. The highest BCUT2D eigenvalue weighted by Gasteiger charge is 2.27. The Bertz CT molecular complexity index is 936. The smallest absolute Gasteiger partial charge is 0.345 e. The highest BCUT2D eigenvalue weighted by Crippen LogP contribution is 2.25. The molecule has 27 heavy (non-hydrogen) atoms. The number of fused-ring (bicyclic) bond motifs is 1. The van der Waals surface area contributed by atoms with Crippen LogP contribution in [0.5, 0.6) is 5.75 Å². The maximum absolute atomic E-state index is 12.8. The van der Waals surface area contributed by atoms with Gasteiger partial charge in [-0.3, -0.25) is 14.8 Å². The Labute approximate surface area is 156 Å². The summed E-state index contributed by atoms with van der Waals surface area (Å²) in [5, 5.41) is 4.44. The number of hydrogen-bond donors (Lipinski definition) is 1. The number of ether oxygens (including phenoxy) is 2. The van der Waals surface area contributed by atoms with Crippen LogP contribution in [0.4, 0.5) is 5.69 Å². The minimum atomic E-state index is -0.659. The van der Waals surface area contributed by atoms with Gasteiger partial charge in [0.25, 0.3) is 5.56 Å². The standard InChI is InChI=1S/C19H22N4O4/c1-4-27-19(25)13-11-20-17-15(10-9-12(2)23(17)18(13)24)22-21-14-7-5-6-8-16(14)26-3/h5-8,11-12,21H,4,9-10H2,1-3H3/b22-15+. The molecule has 0 saturated carbocycles. The van der Waals surface area contributed by atoms with E-state index in [0.29, 0.717) is 35.8 Å². The first-order valence-corrected chi connectivity index (χ1v) is 8.81. The summed E-state index contributed by atoms with van der Waals surface area (Å²) in [4.78, 5) is 29.1. The Hall–Kier alpha value is -3.16. The lowest BCUT2D eigenvalue weighted by Crippen LogP contribution is -2.37. The van der Waals surface area contributed by atoms with Crippen molar-refractivity contribution in [1.82, 2.24) is 9.55 Å². The van der Waals surface area contributed by atoms with Gasteiger partial charge in [-0.15, -0.1) is 0 Å². The summed E-state index contributed by atoms with van der Waals surface area (Å²) in [7, 11) is 1.59. The van der Waals surface area contributed by atoms with Crippen molar-refractivity contribution in [3.05, 3.63) is 52.2 Å². The van der Waals surface area contributed by atoms with Crippen molar-refractivity contribution in [2.75, 3.05) is 19.1 Å². The van der Waals surface area contributed by atoms with Crippen LogP contribution in [0.25, 0.3) is 0 Å². The Morgan fingerprint density at radius 2 is 2.19 bits per heavy atom. The number of esters is 1. The van der Waals surface area contributed by atoms with Crippen molar-refractivity contribution in [2.24, 2.45) is 5.10 Å². The van der Waals surface area contributed by atoms with E-state index in [-0.39, 0.29) is 18.2 Å². The molecule has 142 valence electrons. The molecule has 0 bridgehead atoms. The van der Waals surface area contributed by atoms with Crippen molar-refractivity contribution in [3.63, 3.8) is 0 Å². The fraction of sp³-hybridized carbons (Fsp3) is 0.368. The summed E-state index contributed by atoms with van der Waals surface area (Å²) in [6, 6.07) is 7.33. The van der Waals surface area contributed by atoms with E-state index < -0.39 is 11.5 Å². The molecule has 1 aliphatic rings. The zero-order chi connectivity index (χ0) is 19.4. The first-order chi connectivity index (χ1) is 13.1. The first-order valence-electron chi connectivity index (χ1n) is 8.81. The monoisotopic (exact) mass is 370 g/mol. The van der Waals surface area contributed by atoms with Crippen LogP contribution < -0.4 is 15.7 Å². The van der Waals surface area contributed by atoms with Gasteiger partial charge < -0.3 is 9.47 Å². The van der Waals surface area contributed by atoms with Crippen LogP contribution in [0.3, 0.4) is 0 Å². The SMILES string of the molecule is CCOC(=O)c1cnc2n(c1=O)C(C)CC/C2=N\Nc1ccccc1OC. The van der Waals surface area contributed by atoms with Crippen LogP contribution in [0, 0.1) is 0 Å². The molecule has 1 aliphatic heterocycles. The van der Waals surface area contributed by atoms with Gasteiger partial charge in [0.1, 0.15) is 17.0 Å². The van der Waals surface area contributed by atoms with Gasteiger partial charge in [-0.1, -0.05) is 12.1 Å². The van der Waals surface area contributed by atoms with E-state index in [9.17, 15) is 9.59 Å². The number of benzene rings is 1. The Kier molecular flexibility index (Phi) is 5.54. The number of methoxy groups -OCH3 is 1. The second-order valence-electron chi connectivity index (χ2n) is 6.15. The van der Waals surface area contributed by atoms with Crippen LogP contribution in [-0.4, -0.2) is 34.9 Å². The summed E-state index contributed by atoms with van der Waals surface area (Å²) < 4.78 is 11.8. The minimum Gasteiger partial charge on any atom is -0.495 e. The van der Waals surface area contributed by atoms with E-state index in [1.165, 1.54) is 10.8 Å². The van der Waals surface area contributed by atoms with Gasteiger partial charge in [0.05, 0.1) is 19.4 Å². The van der Waals surface area contributed by atoms with E-state index in [1.54, 1.807) is 14.0 Å². The predicted octanol–water partition coefficient (Wildman–Crippen LogP) is 2.60. The van der Waals surface area contributed by atoms with E-state index in [1.807, 2.05) is 31.2 Å². The van der Waals surface area contributed by atoms with E-state index in [0.717, 1.165) is 0 Å². The zero-order valence-corrected chi connectivity index (χ0v) is 15.6. The van der Waals surface area contributed by atoms with Gasteiger partial charge in [-0.25, -0.2) is 9.78 Å². The van der Waals surface area contributed by atoms with Crippen molar-refractivity contribution in [2.45, 2.75) is 32.7 Å². The Morgan fingerprint density at radius 3 is 2.93 bits per heavy atom. The maximum atomic E-state index is 12.8. The molecule has 8 nitrogen and oxygen atoms in total. The molecular weight excluding hydrogens is 348 g/mol. The molecule has 1 atom stereocenters. The summed E-state index contributed by atoms with van der Waals surface area (Å²) in [6.07, 6.45) is 2.64. The van der Waals surface area contributed by atoms with Crippen molar-refractivity contribution >= 4 is 17.4 Å². The van der Waals surface area contributed by atoms with Gasteiger partial charge in [0.15, 0.2) is 5.82 Å². The maximum Gasteiger partial charge on any atom is 0.345 e. The molecule has 0 fully saturated rings. The average Bonchev–Trinajstić information content (AvgIpc) is 2.68. The molecule has 2 aromatic rings. The lowest BCUT2D eigenvalue weighted by molar-refractivity contribution is 0.0522. The molecule has 0 saturated heterocycles. The van der Waals surface area contributed by atoms with Crippen LogP contribution in [0.2, 0.25) is 0 Å². The molecule has 2 heterocycles. The summed E-state index contributed by atoms with van der Waals surface area (Å²) in [6.45, 7) is 3.81. The minimum absolute atomic E-state index is 0.0635. The van der Waals surface area contributed by atoms with Gasteiger partial charge in [-0.05, 0) is 38.8 Å². The van der Waals surface area contributed by atoms with Gasteiger partial charge in [-0.2, -0.15) is 5.10 Å². The molecule has 1 aromatic heterocycles. The van der Waals surface area contributed by atoms with Crippen molar-refractivity contribution in [1.29, 1.82) is 0 Å². The lowest BCUT2D eigenvalue weighted by atomic mass is 10.0. The molecule has 0 spiro atoms. The highest BCUT2D eigenvalue weighted by molar-refractivity contribution is 5.99. The first kappa shape index (κ1) is 18.6. The normalized spacial score (nSPS) is 17.3. The van der Waals surface area contributed by atoms with Crippen molar-refractivity contribution in [3.8, 4) is 5.75 Å². The zero-order valence-electron chi connectivity index (χ0n) is 15.6. The second kappa shape index (κ2) is 8.03. The number of hydrogen-bond acceptors (Lipinski definition) is 7. The molecule has 0 radical (unpaired) electrons. The van der Waals surface area contributed by atoms with Crippen LogP contribution in [0.1, 0.15) is 48.9 Å². The summed E-state index contributed by atoms with van der Waals surface area (Å²) in [5.41, 5.74) is 3.87. The Morgan fingerprint density at radius 1 is 1.41 bits per heavy atom. The lowest BCUT2D eigenvalue weighted by Gasteiger charge is -2.25. The number of rotatable bonds is 5. The van der Waals surface area contributed by atoms with Gasteiger partial charge in [0.2, 0.25) is 0 Å². The van der Waals surface area contributed by atoms with Crippen LogP contribution >= 0.6 is 0 Å². The average molecular weight is 370 g/mol. The summed E-state index contributed by atoms with van der Waals surface area (Å²) >= 11 is 0. The van der Waals surface area contributed by atoms with Crippen molar-refractivity contribution < 1.29 is 14.3 Å². The number of nitrogens with zero attached hydrogens (tertiary/aromatic N) is 3. The van der Waals surface area contributed by atoms with E-state index in [4.69, 9.17) is 9.47 Å². The fourth-order valence-corrected chi connectivity index (χ4v) is 3.00. The topological polar surface area (TPSA) is 94.8 Å². The molecule has 1 unspecified atom stereocenters. The molecule has 1 N–H and O–H groups in total. The molecule has 0 amide bonds. The molecule has 1 aromatic carbocycles. The van der Waals surface area contributed by atoms with E-state index >= 15 is 0 Å². The number of nitrogens with one attached hydrogen (secondary N) is 1. The highest BCUT2D eigenvalue weighted by atomic mass is 16.5. The summed E-state index contributed by atoms with van der Waals surface area (Å²) in [5.74, 6) is 0.456. The molecule has 8 heteroatoms. The van der Waals surface area contributed by atoms with Gasteiger partial charge in [0, 0.05) is 12.2 Å². The third-order valence-electron chi connectivity index (χ3n) is 4.40. The van der Waals surface area contributed by atoms with Crippen LogP contribution in [0.15, 0.2) is 40.4 Å². The molecule has 3 rings (SSSR count). The Balaban J connectivity index is 1.98. The largest absolute Gasteiger partial charge is 0.495 e. The molecule has 0 aliphatic carbocycles. The van der Waals surface area contributed by atoms with E-state index in [2.05, 4.69) is 15.5 Å². The quantitative estimate of drug-likeness (QED) is 0.642. The number of carbonyl (C=O) groups excluding carboxylic acids is 1. The van der Waals surface area contributed by atoms with Gasteiger partial charge >= 0.3 is 5.97 Å². The second-order valence-corrected chi connectivity index (χ2v) is 6.15. The number of hydrazone groups is 1. The third-order valence-corrected chi connectivity index (χ3v) is 4.40. The molecular formula is C19H22N4O4. The fourth-order valence-electron chi connectivity index (χ4n) is 3.00. The number of carbonyl (C=O) groups is 1. The third kappa shape index (κ3) is 3.69. The number of aromatic nitrogens is 2. The van der Waals surface area contributed by atoms with Crippen LogP contribution in [-0.2, 0) is 4.74 Å². The predicted molar refractivity (Wildman–Crippen MR) is 102 cm³/mol. The number of anilines is 1.